The second-order valence-electron chi connectivity index (χ2n) is 4.67. The van der Waals surface area contributed by atoms with Gasteiger partial charge in [-0.15, -0.1) is 0 Å². The summed E-state index contributed by atoms with van der Waals surface area (Å²) in [7, 11) is 0. The first-order valence-corrected chi connectivity index (χ1v) is 6.81. The molecule has 2 heterocycles. The molecular formula is C15H19N5O. The zero-order chi connectivity index (χ0) is 15.1. The molecule has 0 spiro atoms. The molecule has 2 aromatic heterocycles. The molecule has 0 saturated heterocycles. The zero-order valence-corrected chi connectivity index (χ0v) is 12.0. The Morgan fingerprint density at radius 3 is 2.90 bits per heavy atom. The number of nitrogen functional groups attached to an aromatic ring is 1. The number of pyridine rings is 2. The fourth-order valence-corrected chi connectivity index (χ4v) is 1.81. The number of nitrogens with one attached hydrogen (secondary N) is 2. The largest absolute Gasteiger partial charge is 0.396 e. The lowest BCUT2D eigenvalue weighted by atomic mass is 10.2. The average molecular weight is 285 g/mol. The highest BCUT2D eigenvalue weighted by atomic mass is 16.1. The predicted octanol–water partition coefficient (Wildman–Crippen LogP) is 1.60. The first kappa shape index (κ1) is 14.8. The highest BCUT2D eigenvalue weighted by Gasteiger charge is 2.04. The molecule has 0 aliphatic carbocycles. The molecule has 6 heteroatoms. The fourth-order valence-electron chi connectivity index (χ4n) is 1.81. The molecule has 6 nitrogen and oxygen atoms in total. The summed E-state index contributed by atoms with van der Waals surface area (Å²) in [6.07, 6.45) is 5.68. The van der Waals surface area contributed by atoms with Gasteiger partial charge in [0.15, 0.2) is 0 Å². The van der Waals surface area contributed by atoms with E-state index in [1.807, 2.05) is 13.0 Å². The first-order chi connectivity index (χ1) is 10.2. The van der Waals surface area contributed by atoms with E-state index in [4.69, 9.17) is 5.73 Å². The van der Waals surface area contributed by atoms with E-state index in [1.165, 1.54) is 0 Å². The smallest absolute Gasteiger partial charge is 0.252 e. The Hall–Kier alpha value is -2.63. The van der Waals surface area contributed by atoms with Crippen molar-refractivity contribution in [1.29, 1.82) is 0 Å². The normalized spacial score (nSPS) is 10.1. The molecule has 1 amide bonds. The molecule has 2 aromatic rings. The highest BCUT2D eigenvalue weighted by molar-refractivity contribution is 5.93. The number of hydrogen-bond donors (Lipinski definition) is 3. The Morgan fingerprint density at radius 1 is 1.29 bits per heavy atom. The molecule has 0 atom stereocenters. The lowest BCUT2D eigenvalue weighted by Crippen LogP contribution is -2.26. The number of anilines is 2. The Balaban J connectivity index is 1.71. The monoisotopic (exact) mass is 285 g/mol. The van der Waals surface area contributed by atoms with Gasteiger partial charge in [0, 0.05) is 31.7 Å². The number of aryl methyl sites for hydroxylation is 1. The van der Waals surface area contributed by atoms with Crippen molar-refractivity contribution in [3.63, 3.8) is 0 Å². The summed E-state index contributed by atoms with van der Waals surface area (Å²) in [6.45, 7) is 3.21. The van der Waals surface area contributed by atoms with Crippen LogP contribution in [0.25, 0.3) is 0 Å². The Labute approximate surface area is 123 Å². The summed E-state index contributed by atoms with van der Waals surface area (Å²) in [4.78, 5) is 19.9. The second-order valence-corrected chi connectivity index (χ2v) is 4.67. The molecule has 110 valence electrons. The van der Waals surface area contributed by atoms with E-state index in [-0.39, 0.29) is 5.91 Å². The molecule has 0 bridgehead atoms. The number of hydrogen-bond acceptors (Lipinski definition) is 5. The van der Waals surface area contributed by atoms with Gasteiger partial charge in [0.25, 0.3) is 5.91 Å². The topological polar surface area (TPSA) is 92.9 Å². The average Bonchev–Trinajstić information content (AvgIpc) is 2.51. The molecular weight excluding hydrogens is 266 g/mol. The van der Waals surface area contributed by atoms with Crippen LogP contribution in [-0.4, -0.2) is 29.0 Å². The quantitative estimate of drug-likeness (QED) is 0.701. The molecule has 4 N–H and O–H groups in total. The lowest BCUT2D eigenvalue weighted by molar-refractivity contribution is 0.0953. The lowest BCUT2D eigenvalue weighted by Gasteiger charge is -2.10. The van der Waals surface area contributed by atoms with Gasteiger partial charge in [0.05, 0.1) is 11.3 Å². The van der Waals surface area contributed by atoms with Crippen LogP contribution in [0.5, 0.6) is 0 Å². The number of aromatic nitrogens is 2. The van der Waals surface area contributed by atoms with Crippen LogP contribution < -0.4 is 16.4 Å². The number of nitrogens with two attached hydrogens (primary N) is 1. The summed E-state index contributed by atoms with van der Waals surface area (Å²) >= 11 is 0. The SMILES string of the molecule is Cc1ccnc(NCCCNC(=O)c2cccnc2)c1N. The molecule has 0 unspecified atom stereocenters. The molecule has 0 aromatic carbocycles. The second kappa shape index (κ2) is 7.23. The molecule has 2 rings (SSSR count). The number of carbonyl (C=O) groups is 1. The van der Waals surface area contributed by atoms with Gasteiger partial charge in [-0.2, -0.15) is 0 Å². The third kappa shape index (κ3) is 4.17. The highest BCUT2D eigenvalue weighted by Crippen LogP contribution is 2.18. The van der Waals surface area contributed by atoms with Crippen molar-refractivity contribution in [3.8, 4) is 0 Å². The van der Waals surface area contributed by atoms with Crippen LogP contribution in [-0.2, 0) is 0 Å². The van der Waals surface area contributed by atoms with Gasteiger partial charge < -0.3 is 16.4 Å². The van der Waals surface area contributed by atoms with Crippen molar-refractivity contribution in [1.82, 2.24) is 15.3 Å². The van der Waals surface area contributed by atoms with Crippen molar-refractivity contribution in [3.05, 3.63) is 47.9 Å². The van der Waals surface area contributed by atoms with E-state index in [0.717, 1.165) is 12.0 Å². The maximum Gasteiger partial charge on any atom is 0.252 e. The van der Waals surface area contributed by atoms with Crippen LogP contribution in [0.3, 0.4) is 0 Å². The molecule has 21 heavy (non-hydrogen) atoms. The van der Waals surface area contributed by atoms with Gasteiger partial charge in [-0.25, -0.2) is 4.98 Å². The minimum atomic E-state index is -0.115. The molecule has 0 aliphatic rings. The zero-order valence-electron chi connectivity index (χ0n) is 12.0. The van der Waals surface area contributed by atoms with Crippen LogP contribution in [0.1, 0.15) is 22.3 Å². The van der Waals surface area contributed by atoms with Crippen molar-refractivity contribution in [2.45, 2.75) is 13.3 Å². The van der Waals surface area contributed by atoms with Crippen LogP contribution in [0.2, 0.25) is 0 Å². The summed E-state index contributed by atoms with van der Waals surface area (Å²) in [5.41, 5.74) is 8.15. The van der Waals surface area contributed by atoms with E-state index in [9.17, 15) is 4.79 Å². The van der Waals surface area contributed by atoms with Gasteiger partial charge >= 0.3 is 0 Å². The van der Waals surface area contributed by atoms with Gasteiger partial charge in [-0.1, -0.05) is 0 Å². The van der Waals surface area contributed by atoms with Crippen LogP contribution in [0.15, 0.2) is 36.8 Å². The number of carbonyl (C=O) groups excluding carboxylic acids is 1. The van der Waals surface area contributed by atoms with E-state index in [2.05, 4.69) is 20.6 Å². The summed E-state index contributed by atoms with van der Waals surface area (Å²) in [6, 6.07) is 5.34. The Kier molecular flexibility index (Phi) is 5.09. The van der Waals surface area contributed by atoms with Crippen LogP contribution >= 0.6 is 0 Å². The van der Waals surface area contributed by atoms with Crippen molar-refractivity contribution < 1.29 is 4.79 Å². The molecule has 0 aliphatic heterocycles. The van der Waals surface area contributed by atoms with Crippen LogP contribution in [0.4, 0.5) is 11.5 Å². The third-order valence-electron chi connectivity index (χ3n) is 3.06. The Bertz CT molecular complexity index is 600. The number of nitrogens with zero attached hydrogens (tertiary/aromatic N) is 2. The summed E-state index contributed by atoms with van der Waals surface area (Å²) in [5, 5.41) is 6.01. The Morgan fingerprint density at radius 2 is 2.14 bits per heavy atom. The first-order valence-electron chi connectivity index (χ1n) is 6.81. The fraction of sp³-hybridized carbons (Fsp3) is 0.267. The number of amides is 1. The van der Waals surface area contributed by atoms with Gasteiger partial charge in [-0.05, 0) is 37.1 Å². The maximum absolute atomic E-state index is 11.8. The summed E-state index contributed by atoms with van der Waals surface area (Å²) < 4.78 is 0. The molecule has 0 radical (unpaired) electrons. The van der Waals surface area contributed by atoms with E-state index in [0.29, 0.717) is 30.2 Å². The van der Waals surface area contributed by atoms with Crippen molar-refractivity contribution >= 4 is 17.4 Å². The van der Waals surface area contributed by atoms with Gasteiger partial charge in [0.1, 0.15) is 5.82 Å². The maximum atomic E-state index is 11.8. The summed E-state index contributed by atoms with van der Waals surface area (Å²) in [5.74, 6) is 0.574. The minimum Gasteiger partial charge on any atom is -0.396 e. The molecule has 0 saturated carbocycles. The van der Waals surface area contributed by atoms with Gasteiger partial charge in [0.2, 0.25) is 0 Å². The van der Waals surface area contributed by atoms with Crippen molar-refractivity contribution in [2.75, 3.05) is 24.1 Å². The third-order valence-corrected chi connectivity index (χ3v) is 3.06. The standard InChI is InChI=1S/C15H19N5O/c1-11-5-9-19-14(13(11)16)18-7-3-8-20-15(21)12-4-2-6-17-10-12/h2,4-6,9-10H,3,7-8,16H2,1H3,(H,18,19)(H,20,21). The predicted molar refractivity (Wildman–Crippen MR) is 83.1 cm³/mol. The van der Waals surface area contributed by atoms with Crippen molar-refractivity contribution in [2.24, 2.45) is 0 Å². The minimum absolute atomic E-state index is 0.115. The van der Waals surface area contributed by atoms with Gasteiger partial charge in [-0.3, -0.25) is 9.78 Å². The van der Waals surface area contributed by atoms with E-state index in [1.54, 1.807) is 30.7 Å². The van der Waals surface area contributed by atoms with E-state index >= 15 is 0 Å². The van der Waals surface area contributed by atoms with E-state index < -0.39 is 0 Å². The van der Waals surface area contributed by atoms with Crippen LogP contribution in [0, 0.1) is 6.92 Å². The molecule has 0 fully saturated rings. The number of rotatable bonds is 6.